The molecule has 2 nitrogen and oxygen atoms in total. The minimum absolute atomic E-state index is 0.0310. The highest BCUT2D eigenvalue weighted by Gasteiger charge is 2.13. The molecule has 0 atom stereocenters. The lowest BCUT2D eigenvalue weighted by Crippen LogP contribution is -1.96. The zero-order valence-electron chi connectivity index (χ0n) is 11.2. The van der Waals surface area contributed by atoms with E-state index in [0.717, 1.165) is 22.9 Å². The Morgan fingerprint density at radius 1 is 1.10 bits per heavy atom. The number of halogens is 2. The number of allylic oxidation sites excluding steroid dienone is 4. The molecule has 2 aromatic rings. The van der Waals surface area contributed by atoms with Crippen LogP contribution in [0.3, 0.4) is 0 Å². The van der Waals surface area contributed by atoms with Gasteiger partial charge in [-0.15, -0.1) is 0 Å². The summed E-state index contributed by atoms with van der Waals surface area (Å²) in [6, 6.07) is 8.34. The zero-order chi connectivity index (χ0) is 14.8. The number of benzene rings is 1. The predicted molar refractivity (Wildman–Crippen MR) is 85.3 cm³/mol. The number of aromatic hydroxyl groups is 1. The summed E-state index contributed by atoms with van der Waals surface area (Å²) in [5.74, 6) is -0.552. The van der Waals surface area contributed by atoms with Gasteiger partial charge < -0.3 is 5.11 Å². The Morgan fingerprint density at radius 2 is 1.95 bits per heavy atom. The van der Waals surface area contributed by atoms with Crippen LogP contribution < -0.4 is 0 Å². The van der Waals surface area contributed by atoms with Crippen LogP contribution in [0.1, 0.15) is 18.5 Å². The molecule has 0 fully saturated rings. The van der Waals surface area contributed by atoms with Crippen LogP contribution in [0.2, 0.25) is 0 Å². The van der Waals surface area contributed by atoms with Crippen molar-refractivity contribution in [1.29, 1.82) is 0 Å². The summed E-state index contributed by atoms with van der Waals surface area (Å²) in [7, 11) is 0. The SMILES string of the molecule is Oc1ccc(Br)cc1-c1ccc(C2=CCCC=C2)nc1F. The number of hydrogen-bond donors (Lipinski definition) is 1. The third kappa shape index (κ3) is 2.90. The summed E-state index contributed by atoms with van der Waals surface area (Å²) < 4.78 is 15.1. The van der Waals surface area contributed by atoms with Crippen LogP contribution in [0.15, 0.2) is 53.0 Å². The standard InChI is InChI=1S/C17H13BrFNO/c18-12-6-9-16(21)14(10-12)13-7-8-15(20-17(13)19)11-4-2-1-3-5-11/h2,4-10,21H,1,3H2. The Kier molecular flexibility index (Phi) is 3.88. The Bertz CT molecular complexity index is 752. The second kappa shape index (κ2) is 5.82. The molecule has 1 heterocycles. The summed E-state index contributed by atoms with van der Waals surface area (Å²) in [6.45, 7) is 0. The highest BCUT2D eigenvalue weighted by molar-refractivity contribution is 9.10. The topological polar surface area (TPSA) is 33.1 Å². The molecular formula is C17H13BrFNO. The molecule has 0 spiro atoms. The van der Waals surface area contributed by atoms with E-state index in [2.05, 4.69) is 33.1 Å². The third-order valence-electron chi connectivity index (χ3n) is 3.39. The second-order valence-corrected chi connectivity index (χ2v) is 5.75. The normalized spacial score (nSPS) is 14.1. The van der Waals surface area contributed by atoms with Gasteiger partial charge in [0.25, 0.3) is 0 Å². The zero-order valence-corrected chi connectivity index (χ0v) is 12.8. The van der Waals surface area contributed by atoms with Crippen molar-refractivity contribution < 1.29 is 9.50 Å². The van der Waals surface area contributed by atoms with Crippen molar-refractivity contribution in [3.8, 4) is 16.9 Å². The first-order valence-corrected chi connectivity index (χ1v) is 7.47. The van der Waals surface area contributed by atoms with Gasteiger partial charge in [0, 0.05) is 15.6 Å². The number of pyridine rings is 1. The molecule has 0 saturated heterocycles. The van der Waals surface area contributed by atoms with Crippen LogP contribution in [0.4, 0.5) is 4.39 Å². The van der Waals surface area contributed by atoms with E-state index in [1.54, 1.807) is 24.3 Å². The summed E-state index contributed by atoms with van der Waals surface area (Å²) in [6.07, 6.45) is 8.03. The average Bonchev–Trinajstić information content (AvgIpc) is 2.51. The van der Waals surface area contributed by atoms with Crippen molar-refractivity contribution in [3.05, 3.63) is 64.7 Å². The Balaban J connectivity index is 2.04. The van der Waals surface area contributed by atoms with Crippen LogP contribution in [0.25, 0.3) is 16.7 Å². The van der Waals surface area contributed by atoms with Gasteiger partial charge in [-0.25, -0.2) is 4.98 Å². The van der Waals surface area contributed by atoms with Crippen LogP contribution in [0, 0.1) is 5.95 Å². The lowest BCUT2D eigenvalue weighted by atomic mass is 10.0. The minimum atomic E-state index is -0.583. The quantitative estimate of drug-likeness (QED) is 0.769. The fourth-order valence-electron chi connectivity index (χ4n) is 2.32. The minimum Gasteiger partial charge on any atom is -0.507 e. The molecular weight excluding hydrogens is 333 g/mol. The first-order valence-electron chi connectivity index (χ1n) is 6.67. The van der Waals surface area contributed by atoms with Gasteiger partial charge in [-0.3, -0.25) is 0 Å². The molecule has 0 unspecified atom stereocenters. The molecule has 1 aliphatic rings. The maximum Gasteiger partial charge on any atom is 0.221 e. The molecule has 106 valence electrons. The number of nitrogens with zero attached hydrogens (tertiary/aromatic N) is 1. The largest absolute Gasteiger partial charge is 0.507 e. The van der Waals surface area contributed by atoms with Gasteiger partial charge in [-0.2, -0.15) is 4.39 Å². The molecule has 0 radical (unpaired) electrons. The van der Waals surface area contributed by atoms with Gasteiger partial charge in [0.15, 0.2) is 0 Å². The van der Waals surface area contributed by atoms with Gasteiger partial charge in [0.05, 0.1) is 5.69 Å². The number of hydrogen-bond acceptors (Lipinski definition) is 2. The fourth-order valence-corrected chi connectivity index (χ4v) is 2.68. The van der Waals surface area contributed by atoms with Crippen LogP contribution in [-0.4, -0.2) is 10.1 Å². The van der Waals surface area contributed by atoms with E-state index in [9.17, 15) is 9.50 Å². The van der Waals surface area contributed by atoms with Crippen molar-refractivity contribution in [3.63, 3.8) is 0 Å². The van der Waals surface area contributed by atoms with Crippen LogP contribution >= 0.6 is 15.9 Å². The fraction of sp³-hybridized carbons (Fsp3) is 0.118. The number of aromatic nitrogens is 1. The smallest absolute Gasteiger partial charge is 0.221 e. The van der Waals surface area contributed by atoms with E-state index in [1.807, 2.05) is 6.08 Å². The molecule has 3 rings (SSSR count). The van der Waals surface area contributed by atoms with E-state index < -0.39 is 5.95 Å². The number of rotatable bonds is 2. The lowest BCUT2D eigenvalue weighted by molar-refractivity contribution is 0.476. The van der Waals surface area contributed by atoms with Crippen molar-refractivity contribution in [2.24, 2.45) is 0 Å². The molecule has 0 amide bonds. The summed E-state index contributed by atoms with van der Waals surface area (Å²) in [4.78, 5) is 4.03. The molecule has 1 aromatic carbocycles. The van der Waals surface area contributed by atoms with Gasteiger partial charge in [0.2, 0.25) is 5.95 Å². The Labute approximate surface area is 130 Å². The van der Waals surface area contributed by atoms with Crippen molar-refractivity contribution in [2.45, 2.75) is 12.8 Å². The molecule has 21 heavy (non-hydrogen) atoms. The molecule has 0 bridgehead atoms. The van der Waals surface area contributed by atoms with Crippen LogP contribution in [0.5, 0.6) is 5.75 Å². The van der Waals surface area contributed by atoms with Gasteiger partial charge in [-0.1, -0.05) is 34.2 Å². The van der Waals surface area contributed by atoms with E-state index >= 15 is 0 Å². The summed E-state index contributed by atoms with van der Waals surface area (Å²) in [5, 5.41) is 9.89. The predicted octanol–water partition coefficient (Wildman–Crippen LogP) is 5.09. The lowest BCUT2D eigenvalue weighted by Gasteiger charge is -2.10. The van der Waals surface area contributed by atoms with E-state index in [1.165, 1.54) is 6.07 Å². The van der Waals surface area contributed by atoms with Crippen molar-refractivity contribution >= 4 is 21.5 Å². The second-order valence-electron chi connectivity index (χ2n) is 4.84. The Morgan fingerprint density at radius 3 is 2.67 bits per heavy atom. The van der Waals surface area contributed by atoms with E-state index in [4.69, 9.17) is 0 Å². The molecule has 1 N–H and O–H groups in total. The molecule has 1 aliphatic carbocycles. The number of phenolic OH excluding ortho intramolecular Hbond substituents is 1. The van der Waals surface area contributed by atoms with E-state index in [0.29, 0.717) is 11.3 Å². The maximum atomic E-state index is 14.3. The highest BCUT2D eigenvalue weighted by Crippen LogP contribution is 2.33. The Hall–Kier alpha value is -1.94. The van der Waals surface area contributed by atoms with Gasteiger partial charge >= 0.3 is 0 Å². The summed E-state index contributed by atoms with van der Waals surface area (Å²) >= 11 is 3.32. The van der Waals surface area contributed by atoms with Crippen molar-refractivity contribution in [2.75, 3.05) is 0 Å². The van der Waals surface area contributed by atoms with Crippen LogP contribution in [-0.2, 0) is 0 Å². The first-order chi connectivity index (χ1) is 10.1. The van der Waals surface area contributed by atoms with Crippen molar-refractivity contribution in [1.82, 2.24) is 4.98 Å². The maximum absolute atomic E-state index is 14.3. The first kappa shape index (κ1) is 14.0. The van der Waals surface area contributed by atoms with Gasteiger partial charge in [-0.05, 0) is 48.7 Å². The molecule has 0 saturated carbocycles. The third-order valence-corrected chi connectivity index (χ3v) is 3.88. The average molecular weight is 346 g/mol. The molecule has 4 heteroatoms. The highest BCUT2D eigenvalue weighted by atomic mass is 79.9. The van der Waals surface area contributed by atoms with E-state index in [-0.39, 0.29) is 11.3 Å². The number of phenols is 1. The monoisotopic (exact) mass is 345 g/mol. The molecule has 0 aliphatic heterocycles. The molecule has 1 aromatic heterocycles. The summed E-state index contributed by atoms with van der Waals surface area (Å²) in [5.41, 5.74) is 2.26. The van der Waals surface area contributed by atoms with Gasteiger partial charge in [0.1, 0.15) is 5.75 Å².